The van der Waals surface area contributed by atoms with Crippen molar-refractivity contribution < 1.29 is 32.1 Å². The van der Waals surface area contributed by atoms with E-state index in [1.807, 2.05) is 0 Å². The number of β-amino-alcohol motifs (C(OH)–C–C–N with tert-alkyl or cyclic N) is 1. The van der Waals surface area contributed by atoms with Gasteiger partial charge in [-0.25, -0.2) is 17.2 Å². The number of nitrogens with zero attached hydrogens (tertiary/aromatic N) is 2. The van der Waals surface area contributed by atoms with E-state index in [1.165, 1.54) is 12.1 Å². The Morgan fingerprint density at radius 2 is 2.00 bits per heavy atom. The van der Waals surface area contributed by atoms with Crippen molar-refractivity contribution in [2.75, 3.05) is 19.7 Å². The van der Waals surface area contributed by atoms with Crippen LogP contribution in [0.3, 0.4) is 0 Å². The molecule has 154 valence electrons. The first kappa shape index (κ1) is 21.4. The zero-order valence-corrected chi connectivity index (χ0v) is 16.3. The highest BCUT2D eigenvalue weighted by Gasteiger charge is 2.51. The van der Waals surface area contributed by atoms with Crippen LogP contribution in [0.25, 0.3) is 0 Å². The number of hydrogen-bond donors (Lipinski definition) is 2. The number of nitriles is 1. The van der Waals surface area contributed by atoms with E-state index in [-0.39, 0.29) is 21.2 Å². The molecule has 1 saturated heterocycles. The van der Waals surface area contributed by atoms with Gasteiger partial charge in [0.25, 0.3) is 0 Å². The number of aliphatic hydroxyl groups excluding tert-OH is 1. The summed E-state index contributed by atoms with van der Waals surface area (Å²) >= 11 is 5.80. The molecule has 0 aromatic heterocycles. The quantitative estimate of drug-likeness (QED) is 0.725. The first-order valence-electron chi connectivity index (χ1n) is 8.25. The van der Waals surface area contributed by atoms with E-state index < -0.39 is 53.1 Å². The monoisotopic (exact) mass is 444 g/mol. The summed E-state index contributed by atoms with van der Waals surface area (Å²) in [7, 11) is -4.25. The van der Waals surface area contributed by atoms with E-state index in [0.717, 1.165) is 28.6 Å². The van der Waals surface area contributed by atoms with Gasteiger partial charge in [-0.05, 0) is 30.3 Å². The minimum Gasteiger partial charge on any atom is -0.486 e. The third-order valence-corrected chi connectivity index (χ3v) is 6.65. The van der Waals surface area contributed by atoms with Gasteiger partial charge in [0.2, 0.25) is 10.0 Å². The van der Waals surface area contributed by atoms with E-state index in [1.54, 1.807) is 6.07 Å². The smallest absolute Gasteiger partial charge is 0.244 e. The maximum absolute atomic E-state index is 13.4. The van der Waals surface area contributed by atoms with Crippen LogP contribution in [0, 0.1) is 23.0 Å². The van der Waals surface area contributed by atoms with Gasteiger partial charge in [-0.2, -0.15) is 9.57 Å². The molecule has 2 aromatic rings. The third kappa shape index (κ3) is 4.05. The summed E-state index contributed by atoms with van der Waals surface area (Å²) in [6.45, 7) is -1.78. The first-order chi connectivity index (χ1) is 13.6. The molecule has 0 amide bonds. The standard InChI is InChI=1S/C18H15ClF2N2O5S/c19-12-1-4-16(11(5-12)7-22)29(26,27)23-8-17(18(25,9-23)10-24)28-13-2-3-14(20)15(21)6-13/h1-6,17,24-25H,8-10H2/t17?,18-/m1/s1. The van der Waals surface area contributed by atoms with Crippen molar-refractivity contribution in [3.05, 3.63) is 58.6 Å². The number of hydrogen-bond acceptors (Lipinski definition) is 6. The largest absolute Gasteiger partial charge is 0.486 e. The molecule has 2 aromatic carbocycles. The Morgan fingerprint density at radius 1 is 1.28 bits per heavy atom. The number of rotatable bonds is 5. The normalized spacial score (nSPS) is 22.4. The van der Waals surface area contributed by atoms with Crippen molar-refractivity contribution in [3.63, 3.8) is 0 Å². The van der Waals surface area contributed by atoms with Gasteiger partial charge in [0.05, 0.1) is 18.7 Å². The summed E-state index contributed by atoms with van der Waals surface area (Å²) in [5.41, 5.74) is -2.19. The van der Waals surface area contributed by atoms with Crippen molar-refractivity contribution in [3.8, 4) is 11.8 Å². The Balaban J connectivity index is 1.92. The number of benzene rings is 2. The van der Waals surface area contributed by atoms with Gasteiger partial charge in [-0.1, -0.05) is 11.6 Å². The molecule has 1 unspecified atom stereocenters. The highest BCUT2D eigenvalue weighted by molar-refractivity contribution is 7.89. The van der Waals surface area contributed by atoms with Gasteiger partial charge in [0.1, 0.15) is 28.4 Å². The maximum atomic E-state index is 13.4. The van der Waals surface area contributed by atoms with Crippen LogP contribution in [0.2, 0.25) is 5.02 Å². The van der Waals surface area contributed by atoms with Crippen LogP contribution < -0.4 is 4.74 Å². The van der Waals surface area contributed by atoms with Gasteiger partial charge in [-0.3, -0.25) is 0 Å². The first-order valence-corrected chi connectivity index (χ1v) is 10.1. The Hall–Kier alpha value is -2.29. The SMILES string of the molecule is N#Cc1cc(Cl)ccc1S(=O)(=O)N1CC(Oc2ccc(F)c(F)c2)[C@](O)(CO)C1. The molecule has 0 radical (unpaired) electrons. The molecule has 0 saturated carbocycles. The predicted molar refractivity (Wildman–Crippen MR) is 97.7 cm³/mol. The Kier molecular flexibility index (Phi) is 5.80. The lowest BCUT2D eigenvalue weighted by Crippen LogP contribution is -2.48. The van der Waals surface area contributed by atoms with E-state index >= 15 is 0 Å². The molecule has 2 atom stereocenters. The molecule has 1 heterocycles. The van der Waals surface area contributed by atoms with Crippen LogP contribution in [0.4, 0.5) is 8.78 Å². The number of halogens is 3. The van der Waals surface area contributed by atoms with Gasteiger partial charge in [-0.15, -0.1) is 0 Å². The van der Waals surface area contributed by atoms with E-state index in [0.29, 0.717) is 0 Å². The molecule has 11 heteroatoms. The van der Waals surface area contributed by atoms with Crippen LogP contribution in [-0.4, -0.2) is 54.3 Å². The number of sulfonamides is 1. The lowest BCUT2D eigenvalue weighted by molar-refractivity contribution is -0.0641. The van der Waals surface area contributed by atoms with Gasteiger partial charge >= 0.3 is 0 Å². The average Bonchev–Trinajstić information content (AvgIpc) is 3.02. The van der Waals surface area contributed by atoms with Crippen molar-refractivity contribution in [2.45, 2.75) is 16.6 Å². The fourth-order valence-corrected chi connectivity index (χ4v) is 4.77. The molecule has 1 fully saturated rings. The molecule has 7 nitrogen and oxygen atoms in total. The molecule has 3 rings (SSSR count). The number of ether oxygens (including phenoxy) is 1. The van der Waals surface area contributed by atoms with Gasteiger partial charge in [0.15, 0.2) is 11.6 Å². The van der Waals surface area contributed by atoms with Crippen LogP contribution >= 0.6 is 11.6 Å². The van der Waals surface area contributed by atoms with Crippen LogP contribution in [0.15, 0.2) is 41.3 Å². The minimum atomic E-state index is -4.25. The van der Waals surface area contributed by atoms with Crippen LogP contribution in [0.1, 0.15) is 5.56 Å². The molecule has 0 spiro atoms. The van der Waals surface area contributed by atoms with E-state index in [4.69, 9.17) is 16.3 Å². The zero-order valence-electron chi connectivity index (χ0n) is 14.7. The molecule has 2 N–H and O–H groups in total. The average molecular weight is 445 g/mol. The Morgan fingerprint density at radius 3 is 2.62 bits per heavy atom. The second-order valence-electron chi connectivity index (χ2n) is 6.49. The molecule has 1 aliphatic rings. The summed E-state index contributed by atoms with van der Waals surface area (Å²) in [6, 6.07) is 8.09. The summed E-state index contributed by atoms with van der Waals surface area (Å²) in [6.07, 6.45) is -1.27. The highest BCUT2D eigenvalue weighted by Crippen LogP contribution is 2.32. The Labute approximate surface area is 170 Å². The summed E-state index contributed by atoms with van der Waals surface area (Å²) in [5.74, 6) is -2.43. The Bertz CT molecular complexity index is 1090. The zero-order chi connectivity index (χ0) is 21.4. The lowest BCUT2D eigenvalue weighted by atomic mass is 10.0. The van der Waals surface area contributed by atoms with E-state index in [9.17, 15) is 32.7 Å². The van der Waals surface area contributed by atoms with Gasteiger partial charge in [0, 0.05) is 17.6 Å². The summed E-state index contributed by atoms with van der Waals surface area (Å²) < 4.78 is 58.8. The molecule has 0 aliphatic carbocycles. The van der Waals surface area contributed by atoms with Gasteiger partial charge < -0.3 is 14.9 Å². The second-order valence-corrected chi connectivity index (χ2v) is 8.84. The second kappa shape index (κ2) is 7.85. The predicted octanol–water partition coefficient (Wildman–Crippen LogP) is 1.67. The molecular weight excluding hydrogens is 430 g/mol. The molecule has 0 bridgehead atoms. The summed E-state index contributed by atoms with van der Waals surface area (Å²) in [4.78, 5) is -0.321. The maximum Gasteiger partial charge on any atom is 0.244 e. The summed E-state index contributed by atoms with van der Waals surface area (Å²) in [5, 5.41) is 29.7. The fraction of sp³-hybridized carbons (Fsp3) is 0.278. The minimum absolute atomic E-state index is 0.149. The van der Waals surface area contributed by atoms with E-state index in [2.05, 4.69) is 0 Å². The topological polar surface area (TPSA) is 111 Å². The molecule has 1 aliphatic heterocycles. The van der Waals surface area contributed by atoms with Crippen molar-refractivity contribution in [2.24, 2.45) is 0 Å². The van der Waals surface area contributed by atoms with Crippen LogP contribution in [0.5, 0.6) is 5.75 Å². The molecule has 29 heavy (non-hydrogen) atoms. The fourth-order valence-electron chi connectivity index (χ4n) is 2.98. The van der Waals surface area contributed by atoms with Crippen molar-refractivity contribution in [1.29, 1.82) is 5.26 Å². The van der Waals surface area contributed by atoms with Crippen molar-refractivity contribution in [1.82, 2.24) is 4.31 Å². The third-order valence-electron chi connectivity index (χ3n) is 4.54. The number of aliphatic hydroxyl groups is 2. The molecular formula is C18H15ClF2N2O5S. The van der Waals surface area contributed by atoms with Crippen molar-refractivity contribution >= 4 is 21.6 Å². The van der Waals surface area contributed by atoms with Crippen LogP contribution in [-0.2, 0) is 10.0 Å². The lowest BCUT2D eigenvalue weighted by Gasteiger charge is -2.27. The highest BCUT2D eigenvalue weighted by atomic mass is 35.5.